The third-order valence-corrected chi connectivity index (χ3v) is 11.4. The minimum absolute atomic E-state index is 0.543. The minimum atomic E-state index is 0.543. The Bertz CT molecular complexity index is 3570. The Morgan fingerprint density at radius 2 is 0.966 bits per heavy atom. The first kappa shape index (κ1) is 32.3. The van der Waals surface area contributed by atoms with E-state index < -0.39 is 0 Å². The van der Waals surface area contributed by atoms with Crippen LogP contribution in [0.5, 0.6) is 0 Å². The van der Waals surface area contributed by atoms with Gasteiger partial charge in [0.2, 0.25) is 0 Å². The van der Waals surface area contributed by atoms with Crippen molar-refractivity contribution in [1.82, 2.24) is 29.1 Å². The van der Waals surface area contributed by atoms with Crippen LogP contribution in [0.25, 0.3) is 111 Å². The highest BCUT2D eigenvalue weighted by Crippen LogP contribution is 2.43. The van der Waals surface area contributed by atoms with Crippen molar-refractivity contribution in [2.75, 3.05) is 0 Å². The molecule has 0 unspecified atom stereocenters. The van der Waals surface area contributed by atoms with Crippen LogP contribution in [0.4, 0.5) is 0 Å². The van der Waals surface area contributed by atoms with Gasteiger partial charge in [-0.25, -0.2) is 9.97 Å². The zero-order valence-electron chi connectivity index (χ0n) is 31.2. The molecule has 5 heterocycles. The molecule has 12 aromatic rings. The minimum Gasteiger partial charge on any atom is -0.309 e. The second-order valence-corrected chi connectivity index (χ2v) is 14.7. The van der Waals surface area contributed by atoms with E-state index >= 15 is 0 Å². The Hall–Kier alpha value is -7.96. The summed E-state index contributed by atoms with van der Waals surface area (Å²) in [7, 11) is 0. The van der Waals surface area contributed by atoms with Crippen molar-refractivity contribution in [3.05, 3.63) is 194 Å². The number of aromatic nitrogens is 6. The molecule has 0 saturated carbocycles. The molecule has 0 N–H and O–H groups in total. The van der Waals surface area contributed by atoms with Gasteiger partial charge in [-0.05, 0) is 82.6 Å². The highest BCUT2D eigenvalue weighted by Gasteiger charge is 2.24. The SMILES string of the molecule is c1ccc(-n2c3ccccc3c3c(-c4ccc5c(c4)c4c(-c6cc7ccccc7cn6)nc(-c6cc7ccccc7cn6)nc4n5-c4ccccc4)cccc32)cc1. The molecule has 58 heavy (non-hydrogen) atoms. The standard InChI is InChI=1S/C52H32N6/c1-3-18-38(19-4-1)57-45-24-12-11-22-41(45)48-40(23-13-25-47(48)57)35-26-27-46-42(28-35)49-50(43-29-33-14-7-9-16-36(33)31-53-43)55-51(44-30-34-15-8-10-17-37(34)32-54-44)56-52(49)58(46)39-20-5-2-6-21-39/h1-32H. The fourth-order valence-electron chi connectivity index (χ4n) is 8.74. The van der Waals surface area contributed by atoms with Crippen LogP contribution in [0.1, 0.15) is 0 Å². The summed E-state index contributed by atoms with van der Waals surface area (Å²) in [5, 5.41) is 8.72. The highest BCUT2D eigenvalue weighted by atomic mass is 15.1. The average molecular weight is 741 g/mol. The summed E-state index contributed by atoms with van der Waals surface area (Å²) in [6.07, 6.45) is 3.85. The third kappa shape index (κ3) is 4.98. The molecule has 0 atom stereocenters. The van der Waals surface area contributed by atoms with Crippen molar-refractivity contribution in [2.45, 2.75) is 0 Å². The maximum absolute atomic E-state index is 5.40. The second-order valence-electron chi connectivity index (χ2n) is 14.7. The van der Waals surface area contributed by atoms with Gasteiger partial charge in [-0.1, -0.05) is 121 Å². The van der Waals surface area contributed by atoms with E-state index in [1.807, 2.05) is 36.7 Å². The maximum Gasteiger partial charge on any atom is 0.180 e. The lowest BCUT2D eigenvalue weighted by molar-refractivity contribution is 1.10. The molecule has 0 aliphatic heterocycles. The van der Waals surface area contributed by atoms with Gasteiger partial charge in [0.1, 0.15) is 17.0 Å². The molecule has 270 valence electrons. The Morgan fingerprint density at radius 1 is 0.379 bits per heavy atom. The van der Waals surface area contributed by atoms with E-state index in [2.05, 4.69) is 167 Å². The van der Waals surface area contributed by atoms with Gasteiger partial charge in [-0.3, -0.25) is 14.5 Å². The largest absolute Gasteiger partial charge is 0.309 e. The fourth-order valence-corrected chi connectivity index (χ4v) is 8.74. The summed E-state index contributed by atoms with van der Waals surface area (Å²) < 4.78 is 4.63. The number of hydrogen-bond acceptors (Lipinski definition) is 4. The van der Waals surface area contributed by atoms with E-state index in [1.165, 1.54) is 16.3 Å². The lowest BCUT2D eigenvalue weighted by atomic mass is 9.97. The molecule has 0 amide bonds. The summed E-state index contributed by atoms with van der Waals surface area (Å²) in [6, 6.07) is 64.0. The predicted octanol–water partition coefficient (Wildman–Crippen LogP) is 12.8. The Labute approximate surface area is 333 Å². The third-order valence-electron chi connectivity index (χ3n) is 11.4. The number of fused-ring (bicyclic) bond motifs is 8. The van der Waals surface area contributed by atoms with Crippen LogP contribution in [-0.4, -0.2) is 29.1 Å². The van der Waals surface area contributed by atoms with Crippen molar-refractivity contribution in [3.8, 4) is 45.4 Å². The molecule has 0 radical (unpaired) electrons. The number of benzene rings is 7. The monoisotopic (exact) mass is 740 g/mol. The normalized spacial score (nSPS) is 11.8. The van der Waals surface area contributed by atoms with Crippen LogP contribution in [0.3, 0.4) is 0 Å². The van der Waals surface area contributed by atoms with E-state index in [9.17, 15) is 0 Å². The fraction of sp³-hybridized carbons (Fsp3) is 0. The average Bonchev–Trinajstić information content (AvgIpc) is 3.81. The lowest BCUT2D eigenvalue weighted by Gasteiger charge is -2.10. The zero-order chi connectivity index (χ0) is 38.2. The molecule has 6 heteroatoms. The highest BCUT2D eigenvalue weighted by molar-refractivity contribution is 6.18. The van der Waals surface area contributed by atoms with Gasteiger partial charge in [0.25, 0.3) is 0 Å². The number of pyridine rings is 2. The lowest BCUT2D eigenvalue weighted by Crippen LogP contribution is -2.01. The molecule has 0 bridgehead atoms. The van der Waals surface area contributed by atoms with E-state index in [4.69, 9.17) is 19.9 Å². The van der Waals surface area contributed by atoms with E-state index in [1.54, 1.807) is 0 Å². The number of nitrogens with zero attached hydrogens (tertiary/aromatic N) is 6. The van der Waals surface area contributed by atoms with Gasteiger partial charge < -0.3 is 4.57 Å². The van der Waals surface area contributed by atoms with Gasteiger partial charge >= 0.3 is 0 Å². The number of hydrogen-bond donors (Lipinski definition) is 0. The van der Waals surface area contributed by atoms with Crippen molar-refractivity contribution in [2.24, 2.45) is 0 Å². The molecule has 0 fully saturated rings. The maximum atomic E-state index is 5.40. The van der Waals surface area contributed by atoms with Gasteiger partial charge in [0, 0.05) is 50.7 Å². The Kier molecular flexibility index (Phi) is 7.13. The molecule has 0 aliphatic rings. The summed E-state index contributed by atoms with van der Waals surface area (Å²) in [5.41, 5.74) is 10.8. The van der Waals surface area contributed by atoms with Crippen LogP contribution in [0.15, 0.2) is 194 Å². The predicted molar refractivity (Wildman–Crippen MR) is 238 cm³/mol. The summed E-state index contributed by atoms with van der Waals surface area (Å²) in [4.78, 5) is 20.8. The summed E-state index contributed by atoms with van der Waals surface area (Å²) >= 11 is 0. The quantitative estimate of drug-likeness (QED) is 0.176. The molecule has 12 rings (SSSR count). The number of para-hydroxylation sites is 3. The Balaban J connectivity index is 1.19. The molecular formula is C52H32N6. The molecule has 0 spiro atoms. The zero-order valence-corrected chi connectivity index (χ0v) is 31.2. The van der Waals surface area contributed by atoms with Crippen LogP contribution < -0.4 is 0 Å². The van der Waals surface area contributed by atoms with Crippen LogP contribution in [-0.2, 0) is 0 Å². The van der Waals surface area contributed by atoms with Crippen molar-refractivity contribution < 1.29 is 0 Å². The van der Waals surface area contributed by atoms with Crippen LogP contribution >= 0.6 is 0 Å². The van der Waals surface area contributed by atoms with E-state index in [0.29, 0.717) is 11.5 Å². The molecule has 7 aromatic carbocycles. The van der Waals surface area contributed by atoms with Crippen molar-refractivity contribution in [1.29, 1.82) is 0 Å². The van der Waals surface area contributed by atoms with E-state index in [0.717, 1.165) is 82.9 Å². The first-order valence-corrected chi connectivity index (χ1v) is 19.5. The van der Waals surface area contributed by atoms with Gasteiger partial charge in [-0.15, -0.1) is 0 Å². The van der Waals surface area contributed by atoms with Crippen LogP contribution in [0, 0.1) is 0 Å². The first-order valence-electron chi connectivity index (χ1n) is 19.5. The van der Waals surface area contributed by atoms with E-state index in [-0.39, 0.29) is 0 Å². The summed E-state index contributed by atoms with van der Waals surface area (Å²) in [6.45, 7) is 0. The van der Waals surface area contributed by atoms with Gasteiger partial charge in [-0.2, -0.15) is 0 Å². The molecule has 5 aromatic heterocycles. The topological polar surface area (TPSA) is 61.4 Å². The Morgan fingerprint density at radius 3 is 1.71 bits per heavy atom. The first-order chi connectivity index (χ1) is 28.8. The van der Waals surface area contributed by atoms with Crippen molar-refractivity contribution in [3.63, 3.8) is 0 Å². The number of rotatable bonds is 5. The van der Waals surface area contributed by atoms with Crippen molar-refractivity contribution >= 4 is 65.3 Å². The molecule has 6 nitrogen and oxygen atoms in total. The molecule has 0 aliphatic carbocycles. The smallest absolute Gasteiger partial charge is 0.180 e. The molecular weight excluding hydrogens is 709 g/mol. The summed E-state index contributed by atoms with van der Waals surface area (Å²) in [5.74, 6) is 0.543. The van der Waals surface area contributed by atoms with Gasteiger partial charge in [0.15, 0.2) is 5.82 Å². The second kappa shape index (κ2) is 12.8. The molecule has 0 saturated heterocycles. The van der Waals surface area contributed by atoms with Crippen LogP contribution in [0.2, 0.25) is 0 Å². The van der Waals surface area contributed by atoms with Gasteiger partial charge in [0.05, 0.1) is 27.6 Å².